The molecule has 5 heteroatoms. The van der Waals surface area contributed by atoms with Crippen molar-refractivity contribution in [1.82, 2.24) is 14.9 Å². The maximum atomic E-state index is 12.0. The van der Waals surface area contributed by atoms with Gasteiger partial charge in [-0.25, -0.2) is 4.98 Å². The summed E-state index contributed by atoms with van der Waals surface area (Å²) in [7, 11) is 0. The minimum absolute atomic E-state index is 0.0563. The summed E-state index contributed by atoms with van der Waals surface area (Å²) in [6, 6.07) is 1.79. The molecule has 0 spiro atoms. The highest BCUT2D eigenvalue weighted by molar-refractivity contribution is 5.76. The van der Waals surface area contributed by atoms with Gasteiger partial charge in [0.2, 0.25) is 5.91 Å². The summed E-state index contributed by atoms with van der Waals surface area (Å²) in [5, 5.41) is 3.01. The largest absolute Gasteiger partial charge is 0.352 e. The number of amides is 1. The predicted octanol–water partition coefficient (Wildman–Crippen LogP) is 1.82. The highest BCUT2D eigenvalue weighted by Crippen LogP contribution is 2.17. The number of nitrogens with zero attached hydrogens (tertiary/aromatic N) is 2. The molecule has 2 rings (SSSR count). The fraction of sp³-hybridized carbons (Fsp3) is 0.667. The molecule has 1 aromatic rings. The van der Waals surface area contributed by atoms with Gasteiger partial charge in [-0.15, -0.1) is 0 Å². The molecule has 0 unspecified atom stereocenters. The van der Waals surface area contributed by atoms with Crippen LogP contribution in [0.15, 0.2) is 17.2 Å². The minimum atomic E-state index is -0.164. The molecule has 1 N–H and O–H groups in total. The number of rotatable bonds is 4. The molecular weight excluding hydrogens is 254 g/mol. The third-order valence-corrected chi connectivity index (χ3v) is 3.78. The van der Waals surface area contributed by atoms with E-state index in [1.54, 1.807) is 0 Å². The van der Waals surface area contributed by atoms with E-state index in [1.807, 2.05) is 13.8 Å². The van der Waals surface area contributed by atoms with E-state index < -0.39 is 0 Å². The molecule has 1 aromatic heterocycles. The van der Waals surface area contributed by atoms with Crippen LogP contribution in [0.1, 0.15) is 57.6 Å². The summed E-state index contributed by atoms with van der Waals surface area (Å²) in [6.07, 6.45) is 7.17. The van der Waals surface area contributed by atoms with Crippen molar-refractivity contribution >= 4 is 5.91 Å². The van der Waals surface area contributed by atoms with Crippen LogP contribution in [0.3, 0.4) is 0 Å². The normalized spacial score (nSPS) is 16.4. The molecule has 1 fully saturated rings. The van der Waals surface area contributed by atoms with Gasteiger partial charge in [0, 0.05) is 12.1 Å². The molecule has 0 saturated heterocycles. The van der Waals surface area contributed by atoms with Crippen LogP contribution in [0.4, 0.5) is 0 Å². The van der Waals surface area contributed by atoms with Crippen molar-refractivity contribution in [3.63, 3.8) is 0 Å². The van der Waals surface area contributed by atoms with Crippen LogP contribution in [-0.2, 0) is 11.3 Å². The summed E-state index contributed by atoms with van der Waals surface area (Å²) in [6.45, 7) is 4.03. The zero-order valence-corrected chi connectivity index (χ0v) is 12.3. The van der Waals surface area contributed by atoms with Crippen LogP contribution in [0.2, 0.25) is 0 Å². The Kier molecular flexibility index (Phi) is 4.93. The van der Waals surface area contributed by atoms with Crippen LogP contribution >= 0.6 is 0 Å². The molecule has 1 heterocycles. The number of nitrogens with one attached hydrogen (secondary N) is 1. The second-order valence-electron chi connectivity index (χ2n) is 5.84. The molecule has 0 aromatic carbocycles. The monoisotopic (exact) mass is 277 g/mol. The fourth-order valence-corrected chi connectivity index (χ4v) is 2.55. The highest BCUT2D eigenvalue weighted by Gasteiger charge is 2.16. The lowest BCUT2D eigenvalue weighted by atomic mass is 9.95. The summed E-state index contributed by atoms with van der Waals surface area (Å²) < 4.78 is 1.37. The lowest BCUT2D eigenvalue weighted by molar-refractivity contribution is -0.122. The zero-order valence-electron chi connectivity index (χ0n) is 12.3. The molecule has 1 aliphatic rings. The first kappa shape index (κ1) is 14.8. The molecule has 110 valence electrons. The topological polar surface area (TPSA) is 64.0 Å². The van der Waals surface area contributed by atoms with Gasteiger partial charge in [-0.1, -0.05) is 33.1 Å². The third kappa shape index (κ3) is 3.92. The van der Waals surface area contributed by atoms with E-state index in [0.29, 0.717) is 0 Å². The molecule has 0 atom stereocenters. The van der Waals surface area contributed by atoms with Gasteiger partial charge in [0.05, 0.1) is 12.0 Å². The van der Waals surface area contributed by atoms with Crippen LogP contribution < -0.4 is 10.9 Å². The summed E-state index contributed by atoms with van der Waals surface area (Å²) >= 11 is 0. The van der Waals surface area contributed by atoms with E-state index in [4.69, 9.17) is 0 Å². The van der Waals surface area contributed by atoms with Crippen molar-refractivity contribution in [3.05, 3.63) is 28.4 Å². The maximum Gasteiger partial charge on any atom is 0.254 e. The van der Waals surface area contributed by atoms with E-state index >= 15 is 0 Å². The first-order valence-electron chi connectivity index (χ1n) is 7.42. The molecule has 1 amide bonds. The Balaban J connectivity index is 1.95. The Morgan fingerprint density at radius 2 is 2.10 bits per heavy atom. The highest BCUT2D eigenvalue weighted by atomic mass is 16.2. The van der Waals surface area contributed by atoms with Gasteiger partial charge in [0.15, 0.2) is 0 Å². The summed E-state index contributed by atoms with van der Waals surface area (Å²) in [4.78, 5) is 28.1. The molecule has 20 heavy (non-hydrogen) atoms. The summed E-state index contributed by atoms with van der Waals surface area (Å²) in [5.41, 5.74) is 0.599. The molecular formula is C15H23N3O2. The van der Waals surface area contributed by atoms with E-state index in [-0.39, 0.29) is 30.0 Å². The second kappa shape index (κ2) is 6.68. The number of carbonyl (C=O) groups excluding carboxylic acids is 1. The lowest BCUT2D eigenvalue weighted by Crippen LogP contribution is -2.39. The van der Waals surface area contributed by atoms with Crippen molar-refractivity contribution < 1.29 is 4.79 Å². The summed E-state index contributed by atoms with van der Waals surface area (Å²) in [5.74, 6) is 0.117. The first-order chi connectivity index (χ1) is 9.56. The van der Waals surface area contributed by atoms with Gasteiger partial charge < -0.3 is 5.32 Å². The number of hydrogen-bond acceptors (Lipinski definition) is 3. The second-order valence-corrected chi connectivity index (χ2v) is 5.84. The molecule has 0 bridgehead atoms. The van der Waals surface area contributed by atoms with Gasteiger partial charge in [-0.05, 0) is 18.8 Å². The first-order valence-corrected chi connectivity index (χ1v) is 7.42. The maximum absolute atomic E-state index is 12.0. The van der Waals surface area contributed by atoms with Crippen molar-refractivity contribution in [2.45, 2.75) is 64.5 Å². The van der Waals surface area contributed by atoms with Crippen molar-refractivity contribution in [2.24, 2.45) is 0 Å². The number of carbonyl (C=O) groups is 1. The van der Waals surface area contributed by atoms with Crippen LogP contribution in [0, 0.1) is 0 Å². The third-order valence-electron chi connectivity index (χ3n) is 3.78. The minimum Gasteiger partial charge on any atom is -0.352 e. The van der Waals surface area contributed by atoms with Gasteiger partial charge in [0.25, 0.3) is 5.56 Å². The Labute approximate surface area is 119 Å². The Morgan fingerprint density at radius 3 is 2.70 bits per heavy atom. The molecule has 5 nitrogen and oxygen atoms in total. The zero-order chi connectivity index (χ0) is 14.5. The number of aromatic nitrogens is 2. The lowest BCUT2D eigenvalue weighted by Gasteiger charge is -2.22. The van der Waals surface area contributed by atoms with E-state index in [2.05, 4.69) is 10.3 Å². The Bertz CT molecular complexity index is 516. The van der Waals surface area contributed by atoms with Gasteiger partial charge in [-0.3, -0.25) is 14.2 Å². The van der Waals surface area contributed by atoms with Crippen LogP contribution in [0.25, 0.3) is 0 Å². The van der Waals surface area contributed by atoms with Gasteiger partial charge in [-0.2, -0.15) is 0 Å². The van der Waals surface area contributed by atoms with Crippen molar-refractivity contribution in [3.8, 4) is 0 Å². The van der Waals surface area contributed by atoms with Crippen molar-refractivity contribution in [2.75, 3.05) is 0 Å². The van der Waals surface area contributed by atoms with Gasteiger partial charge in [0.1, 0.15) is 6.54 Å². The van der Waals surface area contributed by atoms with E-state index in [1.165, 1.54) is 36.2 Å². The van der Waals surface area contributed by atoms with Crippen LogP contribution in [-0.4, -0.2) is 21.5 Å². The Hall–Kier alpha value is -1.65. The molecule has 1 saturated carbocycles. The Morgan fingerprint density at radius 1 is 1.40 bits per heavy atom. The molecule has 0 radical (unpaired) electrons. The average molecular weight is 277 g/mol. The van der Waals surface area contributed by atoms with Gasteiger partial charge >= 0.3 is 0 Å². The molecule has 1 aliphatic carbocycles. The molecule has 0 aliphatic heterocycles. The number of hydrogen-bond donors (Lipinski definition) is 1. The van der Waals surface area contributed by atoms with E-state index in [0.717, 1.165) is 18.5 Å². The van der Waals surface area contributed by atoms with E-state index in [9.17, 15) is 9.59 Å². The average Bonchev–Trinajstić information content (AvgIpc) is 2.42. The smallest absolute Gasteiger partial charge is 0.254 e. The van der Waals surface area contributed by atoms with Crippen molar-refractivity contribution in [1.29, 1.82) is 0 Å². The predicted molar refractivity (Wildman–Crippen MR) is 77.6 cm³/mol. The standard InChI is InChI=1S/C15H23N3O2/c1-11(2)13-8-15(20)18(10-16-13)9-14(19)17-12-6-4-3-5-7-12/h8,10-12H,3-7,9H2,1-2H3,(H,17,19). The fourth-order valence-electron chi connectivity index (χ4n) is 2.55. The quantitative estimate of drug-likeness (QED) is 0.913. The SMILES string of the molecule is CC(C)c1cc(=O)n(CC(=O)NC2CCCCC2)cn1. The van der Waals surface area contributed by atoms with Crippen LogP contribution in [0.5, 0.6) is 0 Å².